The Kier molecular flexibility index (Phi) is 6.81. The minimum absolute atomic E-state index is 0.172. The maximum atomic E-state index is 11.2. The van der Waals surface area contributed by atoms with E-state index in [2.05, 4.69) is 11.2 Å². The Hall–Kier alpha value is -1.05. The molecule has 1 atom stereocenters. The molecule has 1 amide bonds. The summed E-state index contributed by atoms with van der Waals surface area (Å²) in [5, 5.41) is 2.64. The second-order valence-electron chi connectivity index (χ2n) is 3.23. The molecular formula is C10H18N2O2. The molecule has 0 aliphatic carbocycles. The number of rotatable bonds is 6. The monoisotopic (exact) mass is 198 g/mol. The Bertz CT molecular complexity index is 209. The van der Waals surface area contributed by atoms with Crippen LogP contribution < -0.4 is 11.1 Å². The van der Waals surface area contributed by atoms with E-state index in [0.29, 0.717) is 13.2 Å². The van der Waals surface area contributed by atoms with Crippen LogP contribution in [0.15, 0.2) is 0 Å². The van der Waals surface area contributed by atoms with Crippen molar-refractivity contribution < 1.29 is 9.53 Å². The van der Waals surface area contributed by atoms with Gasteiger partial charge >= 0.3 is 0 Å². The third-order valence-electron chi connectivity index (χ3n) is 1.53. The first kappa shape index (κ1) is 12.9. The lowest BCUT2D eigenvalue weighted by Crippen LogP contribution is -2.41. The third kappa shape index (κ3) is 6.46. The second kappa shape index (κ2) is 7.36. The Morgan fingerprint density at radius 1 is 1.64 bits per heavy atom. The highest BCUT2D eigenvalue weighted by molar-refractivity contribution is 5.81. The molecule has 1 unspecified atom stereocenters. The minimum Gasteiger partial charge on any atom is -0.377 e. The Morgan fingerprint density at radius 2 is 2.29 bits per heavy atom. The van der Waals surface area contributed by atoms with Crippen LogP contribution in [0.25, 0.3) is 0 Å². The number of nitrogens with two attached hydrogens (primary N) is 1. The molecule has 0 radical (unpaired) electrons. The second-order valence-corrected chi connectivity index (χ2v) is 3.23. The Labute approximate surface area is 85.2 Å². The topological polar surface area (TPSA) is 64.4 Å². The first-order valence-electron chi connectivity index (χ1n) is 4.66. The molecule has 80 valence electrons. The van der Waals surface area contributed by atoms with E-state index in [-0.39, 0.29) is 18.4 Å². The van der Waals surface area contributed by atoms with E-state index >= 15 is 0 Å². The fourth-order valence-corrected chi connectivity index (χ4v) is 0.820. The number of hydrogen-bond acceptors (Lipinski definition) is 3. The van der Waals surface area contributed by atoms with Crippen LogP contribution in [0.5, 0.6) is 0 Å². The first-order chi connectivity index (χ1) is 6.57. The number of nitrogens with one attached hydrogen (secondary N) is 1. The number of terminal acetylenes is 1. The van der Waals surface area contributed by atoms with Gasteiger partial charge < -0.3 is 15.8 Å². The highest BCUT2D eigenvalue weighted by Crippen LogP contribution is 1.87. The number of carbonyl (C=O) groups excluding carboxylic acids is 1. The van der Waals surface area contributed by atoms with Crippen LogP contribution in [0.4, 0.5) is 0 Å². The molecule has 14 heavy (non-hydrogen) atoms. The molecular weight excluding hydrogens is 180 g/mol. The molecule has 4 heteroatoms. The molecule has 0 rings (SSSR count). The van der Waals surface area contributed by atoms with Gasteiger partial charge in [-0.25, -0.2) is 0 Å². The summed E-state index contributed by atoms with van der Waals surface area (Å²) in [6.45, 7) is 4.83. The third-order valence-corrected chi connectivity index (χ3v) is 1.53. The lowest BCUT2D eigenvalue weighted by Gasteiger charge is -2.11. The normalized spacial score (nSPS) is 12.2. The van der Waals surface area contributed by atoms with E-state index in [4.69, 9.17) is 16.9 Å². The predicted octanol–water partition coefficient (Wildman–Crippen LogP) is -0.122. The maximum absolute atomic E-state index is 11.2. The van der Waals surface area contributed by atoms with Crippen LogP contribution in [0, 0.1) is 12.3 Å². The molecule has 0 heterocycles. The molecule has 0 aliphatic rings. The zero-order valence-electron chi connectivity index (χ0n) is 8.75. The van der Waals surface area contributed by atoms with Gasteiger partial charge in [-0.2, -0.15) is 0 Å². The van der Waals surface area contributed by atoms with Crippen molar-refractivity contribution in [1.82, 2.24) is 5.32 Å². The van der Waals surface area contributed by atoms with Crippen molar-refractivity contribution in [3.8, 4) is 12.3 Å². The van der Waals surface area contributed by atoms with Crippen molar-refractivity contribution in [2.24, 2.45) is 5.73 Å². The molecule has 0 aliphatic heterocycles. The standard InChI is InChI=1S/C10H18N2O2/c1-4-5-9(11)10(13)12-6-7-14-8(2)3/h1,8-9H,5-7,11H2,2-3H3,(H,12,13). The van der Waals surface area contributed by atoms with Crippen molar-refractivity contribution in [2.45, 2.75) is 32.4 Å². The highest BCUT2D eigenvalue weighted by Gasteiger charge is 2.10. The molecule has 0 saturated heterocycles. The summed E-state index contributed by atoms with van der Waals surface area (Å²) in [5.74, 6) is 2.11. The van der Waals surface area contributed by atoms with Crippen molar-refractivity contribution >= 4 is 5.91 Å². The van der Waals surface area contributed by atoms with Gasteiger partial charge in [0, 0.05) is 13.0 Å². The van der Waals surface area contributed by atoms with Crippen LogP contribution in [0.3, 0.4) is 0 Å². The largest absolute Gasteiger partial charge is 0.377 e. The van der Waals surface area contributed by atoms with Gasteiger partial charge in [-0.05, 0) is 13.8 Å². The Morgan fingerprint density at radius 3 is 2.79 bits per heavy atom. The average Bonchev–Trinajstić information content (AvgIpc) is 2.12. The van der Waals surface area contributed by atoms with Crippen LogP contribution in [-0.4, -0.2) is 31.2 Å². The van der Waals surface area contributed by atoms with Gasteiger partial charge in [0.15, 0.2) is 0 Å². The molecule has 0 aromatic rings. The molecule has 0 spiro atoms. The predicted molar refractivity (Wildman–Crippen MR) is 55.5 cm³/mol. The van der Waals surface area contributed by atoms with Gasteiger partial charge in [-0.15, -0.1) is 12.3 Å². The van der Waals surface area contributed by atoms with E-state index in [0.717, 1.165) is 0 Å². The molecule has 0 aromatic carbocycles. The number of ether oxygens (including phenoxy) is 1. The van der Waals surface area contributed by atoms with Crippen LogP contribution in [0.1, 0.15) is 20.3 Å². The molecule has 3 N–H and O–H groups in total. The van der Waals surface area contributed by atoms with Gasteiger partial charge in [0.25, 0.3) is 0 Å². The fourth-order valence-electron chi connectivity index (χ4n) is 0.820. The average molecular weight is 198 g/mol. The van der Waals surface area contributed by atoms with Crippen LogP contribution in [0.2, 0.25) is 0 Å². The number of amides is 1. The summed E-state index contributed by atoms with van der Waals surface area (Å²) in [6, 6.07) is -0.612. The van der Waals surface area contributed by atoms with Crippen molar-refractivity contribution in [2.75, 3.05) is 13.2 Å². The van der Waals surface area contributed by atoms with Gasteiger partial charge in [0.1, 0.15) is 0 Å². The molecule has 0 bridgehead atoms. The highest BCUT2D eigenvalue weighted by atomic mass is 16.5. The van der Waals surface area contributed by atoms with Crippen molar-refractivity contribution in [3.05, 3.63) is 0 Å². The summed E-state index contributed by atoms with van der Waals surface area (Å²) in [5.41, 5.74) is 5.47. The molecule has 0 saturated carbocycles. The van der Waals surface area contributed by atoms with Crippen molar-refractivity contribution in [1.29, 1.82) is 0 Å². The van der Waals surface area contributed by atoms with E-state index < -0.39 is 6.04 Å². The zero-order valence-corrected chi connectivity index (χ0v) is 8.75. The van der Waals surface area contributed by atoms with E-state index in [1.807, 2.05) is 13.8 Å². The lowest BCUT2D eigenvalue weighted by atomic mass is 10.2. The zero-order chi connectivity index (χ0) is 11.0. The number of hydrogen-bond donors (Lipinski definition) is 2. The van der Waals surface area contributed by atoms with Gasteiger partial charge in [-0.1, -0.05) is 0 Å². The fraction of sp³-hybridized carbons (Fsp3) is 0.700. The summed E-state index contributed by atoms with van der Waals surface area (Å²) in [6.07, 6.45) is 5.46. The van der Waals surface area contributed by atoms with E-state index in [9.17, 15) is 4.79 Å². The summed E-state index contributed by atoms with van der Waals surface area (Å²) in [4.78, 5) is 11.2. The summed E-state index contributed by atoms with van der Waals surface area (Å²) in [7, 11) is 0. The van der Waals surface area contributed by atoms with Crippen molar-refractivity contribution in [3.63, 3.8) is 0 Å². The van der Waals surface area contributed by atoms with Gasteiger partial charge in [-0.3, -0.25) is 4.79 Å². The first-order valence-corrected chi connectivity index (χ1v) is 4.66. The maximum Gasteiger partial charge on any atom is 0.237 e. The van der Waals surface area contributed by atoms with Gasteiger partial charge in [0.05, 0.1) is 18.8 Å². The van der Waals surface area contributed by atoms with Crippen LogP contribution >= 0.6 is 0 Å². The van der Waals surface area contributed by atoms with E-state index in [1.165, 1.54) is 0 Å². The SMILES string of the molecule is C#CCC(N)C(=O)NCCOC(C)C. The smallest absolute Gasteiger partial charge is 0.237 e. The minimum atomic E-state index is -0.612. The van der Waals surface area contributed by atoms with Crippen LogP contribution in [-0.2, 0) is 9.53 Å². The molecule has 4 nitrogen and oxygen atoms in total. The Balaban J connectivity index is 3.50. The summed E-state index contributed by atoms with van der Waals surface area (Å²) >= 11 is 0. The molecule has 0 aromatic heterocycles. The lowest BCUT2D eigenvalue weighted by molar-refractivity contribution is -0.122. The van der Waals surface area contributed by atoms with Gasteiger partial charge in [0.2, 0.25) is 5.91 Å². The molecule has 0 fully saturated rings. The van der Waals surface area contributed by atoms with E-state index in [1.54, 1.807) is 0 Å². The number of carbonyl (C=O) groups is 1. The quantitative estimate of drug-likeness (QED) is 0.462. The summed E-state index contributed by atoms with van der Waals surface area (Å²) < 4.78 is 5.24.